The molecule has 414 valence electrons. The third kappa shape index (κ3) is 7.49. The Morgan fingerprint density at radius 1 is 0.124 bits per heavy atom. The Morgan fingerprint density at radius 3 is 0.674 bits per heavy atom. The van der Waals surface area contributed by atoms with Gasteiger partial charge in [0.25, 0.3) is 0 Å². The largest absolute Gasteiger partial charge is 0.309 e. The second-order valence-corrected chi connectivity index (χ2v) is 23.7. The van der Waals surface area contributed by atoms with Crippen molar-refractivity contribution >= 4 is 109 Å². The van der Waals surface area contributed by atoms with E-state index in [0.717, 1.165) is 72.9 Å². The van der Waals surface area contributed by atoms with Crippen molar-refractivity contribution in [3.63, 3.8) is 0 Å². The number of para-hydroxylation sites is 8. The van der Waals surface area contributed by atoms with Crippen molar-refractivity contribution in [3.8, 4) is 61.8 Å². The summed E-state index contributed by atoms with van der Waals surface area (Å²) >= 11 is 0. The summed E-state index contributed by atoms with van der Waals surface area (Å²) in [5.74, 6) is 0. The van der Waals surface area contributed by atoms with Crippen LogP contribution in [0.3, 0.4) is 0 Å². The summed E-state index contributed by atoms with van der Waals surface area (Å²) < 4.78 is 12.2. The summed E-state index contributed by atoms with van der Waals surface area (Å²) in [6, 6.07) is 119. The van der Waals surface area contributed by atoms with Crippen LogP contribution in [0.5, 0.6) is 0 Å². The number of fused-ring (bicyclic) bond motifs is 15. The van der Waals surface area contributed by atoms with Crippen LogP contribution >= 0.6 is 0 Å². The lowest BCUT2D eigenvalue weighted by molar-refractivity contribution is 1.16. The zero-order chi connectivity index (χ0) is 58.3. The van der Waals surface area contributed by atoms with E-state index in [2.05, 4.69) is 344 Å². The summed E-state index contributed by atoms with van der Waals surface area (Å²) in [5, 5.41) is 12.4. The van der Waals surface area contributed by atoms with Crippen LogP contribution in [0, 0.1) is 0 Å². The first-order valence-electron chi connectivity index (χ1n) is 30.6. The van der Waals surface area contributed by atoms with Crippen LogP contribution in [-0.2, 0) is 0 Å². The molecule has 0 saturated heterocycles. The molecule has 0 saturated carbocycles. The molecule has 19 rings (SSSR count). The van der Waals surface area contributed by atoms with E-state index in [9.17, 15) is 0 Å². The predicted octanol–water partition coefficient (Wildman–Crippen LogP) is 22.2. The quantitative estimate of drug-likeness (QED) is 0.145. The fourth-order valence-electron chi connectivity index (χ4n) is 15.0. The lowest BCUT2D eigenvalue weighted by atomic mass is 9.95. The molecule has 0 aliphatic heterocycles. The molecule has 5 nitrogen and oxygen atoms in total. The van der Waals surface area contributed by atoms with Gasteiger partial charge in [-0.15, -0.1) is 0 Å². The minimum absolute atomic E-state index is 1.10. The van der Waals surface area contributed by atoms with Crippen LogP contribution in [0.4, 0.5) is 0 Å². The van der Waals surface area contributed by atoms with Gasteiger partial charge in [0, 0.05) is 82.3 Å². The summed E-state index contributed by atoms with van der Waals surface area (Å²) in [7, 11) is 0. The highest BCUT2D eigenvalue weighted by Gasteiger charge is 2.21. The van der Waals surface area contributed by atoms with Crippen molar-refractivity contribution in [1.29, 1.82) is 0 Å². The van der Waals surface area contributed by atoms with Gasteiger partial charge in [-0.05, 0) is 167 Å². The molecule has 5 heterocycles. The minimum atomic E-state index is 1.10. The van der Waals surface area contributed by atoms with Crippen molar-refractivity contribution in [1.82, 2.24) is 22.8 Å². The van der Waals surface area contributed by atoms with Gasteiger partial charge in [0.1, 0.15) is 0 Å². The molecule has 0 N–H and O–H groups in total. The van der Waals surface area contributed by atoms with Gasteiger partial charge in [-0.2, -0.15) is 0 Å². The van der Waals surface area contributed by atoms with Gasteiger partial charge in [0.2, 0.25) is 0 Å². The van der Waals surface area contributed by atoms with E-state index >= 15 is 0 Å². The lowest BCUT2D eigenvalue weighted by Gasteiger charge is -2.16. The van der Waals surface area contributed by atoms with Crippen molar-refractivity contribution in [3.05, 3.63) is 322 Å². The average Bonchev–Trinajstić information content (AvgIpc) is 1.69. The minimum Gasteiger partial charge on any atom is -0.309 e. The molecular weight excluding hydrogens is 1080 g/mol. The highest BCUT2D eigenvalue weighted by molar-refractivity contribution is 6.15. The molecule has 0 aliphatic carbocycles. The standard InChI is InChI=1S/C84H53N5/c1-9-34-75-65(26-1)66-27-2-10-35-76(66)85(75)60-24-18-22-56(48-60)54-20-17-21-55(46-54)58-47-59(51-64(50-58)89-79-38-13-5-30-69(79)70-31-6-14-39-80(70)89)57-23-19-25-61(49-57)86-81-40-15-7-32-71(81)73-53-63(43-44-83(73)86)88-82-41-16-8-33-72(82)74-52-62(42-45-84(74)88)87-77-36-11-3-28-67(77)68-29-4-12-37-78(68)87/h1-53H. The Balaban J connectivity index is 0.751. The molecule has 0 atom stereocenters. The first-order chi connectivity index (χ1) is 44.1. The van der Waals surface area contributed by atoms with Crippen LogP contribution in [0.25, 0.3) is 171 Å². The topological polar surface area (TPSA) is 24.6 Å². The Bertz CT molecular complexity index is 5970. The Hall–Kier alpha value is -11.9. The van der Waals surface area contributed by atoms with Gasteiger partial charge >= 0.3 is 0 Å². The monoisotopic (exact) mass is 1130 g/mol. The second kappa shape index (κ2) is 19.3. The number of nitrogens with zero attached hydrogens (tertiary/aromatic N) is 5. The van der Waals surface area contributed by atoms with E-state index in [4.69, 9.17) is 0 Å². The van der Waals surface area contributed by atoms with Gasteiger partial charge in [-0.1, -0.05) is 188 Å². The molecule has 0 fully saturated rings. The van der Waals surface area contributed by atoms with E-state index in [0.29, 0.717) is 0 Å². The predicted molar refractivity (Wildman–Crippen MR) is 374 cm³/mol. The first-order valence-corrected chi connectivity index (χ1v) is 30.6. The molecule has 5 aromatic heterocycles. The maximum Gasteiger partial charge on any atom is 0.0542 e. The molecule has 5 heteroatoms. The molecule has 0 aliphatic rings. The first kappa shape index (κ1) is 49.4. The number of hydrogen-bond acceptors (Lipinski definition) is 0. The molecule has 0 bridgehead atoms. The molecule has 14 aromatic carbocycles. The number of benzene rings is 14. The maximum absolute atomic E-state index is 2.45. The normalized spacial score (nSPS) is 12.0. The van der Waals surface area contributed by atoms with Crippen LogP contribution in [-0.4, -0.2) is 22.8 Å². The SMILES string of the molecule is c1cc(-c2cccc(-n3c4ccccc4c4ccccc43)c2)cc(-c2cc(-c3cccc(-n4c5ccccc5c5cc(-n6c7ccccc7c7cc(-n8c9ccccc9c9ccccc98)ccc76)ccc54)c3)cc(-n3c4ccccc4c4ccccc43)c2)c1. The number of rotatable bonds is 8. The van der Waals surface area contributed by atoms with Crippen molar-refractivity contribution < 1.29 is 0 Å². The summed E-state index contributed by atoms with van der Waals surface area (Å²) in [4.78, 5) is 0. The fraction of sp³-hybridized carbons (Fsp3) is 0. The van der Waals surface area contributed by atoms with Crippen LogP contribution < -0.4 is 0 Å². The molecule has 0 amide bonds. The van der Waals surface area contributed by atoms with Crippen molar-refractivity contribution in [2.24, 2.45) is 0 Å². The zero-order valence-corrected chi connectivity index (χ0v) is 48.3. The number of aromatic nitrogens is 5. The van der Waals surface area contributed by atoms with E-state index < -0.39 is 0 Å². The van der Waals surface area contributed by atoms with Gasteiger partial charge in [-0.3, -0.25) is 0 Å². The van der Waals surface area contributed by atoms with E-state index in [1.807, 2.05) is 0 Å². The van der Waals surface area contributed by atoms with Crippen LogP contribution in [0.1, 0.15) is 0 Å². The third-order valence-corrected chi connectivity index (χ3v) is 18.8. The van der Waals surface area contributed by atoms with Gasteiger partial charge < -0.3 is 22.8 Å². The van der Waals surface area contributed by atoms with E-state index in [1.165, 1.54) is 98.0 Å². The summed E-state index contributed by atoms with van der Waals surface area (Å²) in [6.45, 7) is 0. The summed E-state index contributed by atoms with van der Waals surface area (Å²) in [6.07, 6.45) is 0. The van der Waals surface area contributed by atoms with Crippen LogP contribution in [0.2, 0.25) is 0 Å². The average molecular weight is 1130 g/mol. The molecule has 89 heavy (non-hydrogen) atoms. The van der Waals surface area contributed by atoms with Crippen LogP contribution in [0.15, 0.2) is 322 Å². The molecule has 0 radical (unpaired) electrons. The maximum atomic E-state index is 2.45. The smallest absolute Gasteiger partial charge is 0.0542 e. The zero-order valence-electron chi connectivity index (χ0n) is 48.3. The Kier molecular flexibility index (Phi) is 10.7. The Labute approximate surface area is 512 Å². The molecule has 0 unspecified atom stereocenters. The van der Waals surface area contributed by atoms with Crippen molar-refractivity contribution in [2.75, 3.05) is 0 Å². The van der Waals surface area contributed by atoms with Gasteiger partial charge in [-0.25, -0.2) is 0 Å². The lowest BCUT2D eigenvalue weighted by Crippen LogP contribution is -1.98. The highest BCUT2D eigenvalue weighted by Crippen LogP contribution is 2.43. The van der Waals surface area contributed by atoms with Gasteiger partial charge in [0.05, 0.1) is 55.2 Å². The van der Waals surface area contributed by atoms with Gasteiger partial charge in [0.15, 0.2) is 0 Å². The molecule has 0 spiro atoms. The number of hydrogen-bond donors (Lipinski definition) is 0. The highest BCUT2D eigenvalue weighted by atomic mass is 15.0. The molecule has 19 aromatic rings. The fourth-order valence-corrected chi connectivity index (χ4v) is 15.0. The van der Waals surface area contributed by atoms with E-state index in [-0.39, 0.29) is 0 Å². The summed E-state index contributed by atoms with van der Waals surface area (Å²) in [5.41, 5.74) is 24.3. The molecular formula is C84H53N5. The van der Waals surface area contributed by atoms with E-state index in [1.54, 1.807) is 0 Å². The Morgan fingerprint density at radius 2 is 0.337 bits per heavy atom. The second-order valence-electron chi connectivity index (χ2n) is 23.7. The van der Waals surface area contributed by atoms with Crippen molar-refractivity contribution in [2.45, 2.75) is 0 Å². The third-order valence-electron chi connectivity index (χ3n) is 18.8.